The number of anilines is 1. The summed E-state index contributed by atoms with van der Waals surface area (Å²) in [5, 5.41) is 12.1. The highest BCUT2D eigenvalue weighted by atomic mass is 35.5. The number of ether oxygens (including phenoxy) is 5. The third-order valence-corrected chi connectivity index (χ3v) is 13.9. The van der Waals surface area contributed by atoms with Gasteiger partial charge in [0, 0.05) is 57.9 Å². The van der Waals surface area contributed by atoms with Crippen LogP contribution in [0.4, 0.5) is 5.69 Å². The molecule has 1 aromatic rings. The number of hydrogen-bond donors (Lipinski definition) is 1. The van der Waals surface area contributed by atoms with Gasteiger partial charge < -0.3 is 43.4 Å². The second-order valence-corrected chi connectivity index (χ2v) is 18.5. The first-order valence-corrected chi connectivity index (χ1v) is 22.0. The smallest absolute Gasteiger partial charge is 0.328 e. The maximum absolute atomic E-state index is 14.2. The molecule has 1 aromatic carbocycles. The highest BCUT2D eigenvalue weighted by Crippen LogP contribution is 2.50. The minimum atomic E-state index is -1.59. The normalized spacial score (nSPS) is 29.9. The van der Waals surface area contributed by atoms with Crippen molar-refractivity contribution in [1.29, 1.82) is 0 Å². The summed E-state index contributed by atoms with van der Waals surface area (Å²) in [4.78, 5) is 68.0. The van der Waals surface area contributed by atoms with Crippen LogP contribution in [0.1, 0.15) is 78.7 Å². The third-order valence-electron chi connectivity index (χ3n) is 11.0. The number of halogens is 1. The number of methoxy groups -OCH3 is 2. The molecule has 2 saturated heterocycles. The molecule has 0 unspecified atom stereocenters. The van der Waals surface area contributed by atoms with Gasteiger partial charge >= 0.3 is 11.9 Å². The Morgan fingerprint density at radius 3 is 2.53 bits per heavy atom. The molecule has 3 aliphatic heterocycles. The van der Waals surface area contributed by atoms with Crippen LogP contribution in [-0.2, 0) is 49.3 Å². The molecule has 4 bridgehead atoms. The first-order valence-electron chi connectivity index (χ1n) is 19.1. The Balaban J connectivity index is 1.63. The van der Waals surface area contributed by atoms with Crippen molar-refractivity contribution < 1.29 is 52.8 Å². The van der Waals surface area contributed by atoms with Crippen LogP contribution in [0.25, 0.3) is 0 Å². The topological polar surface area (TPSA) is 162 Å². The van der Waals surface area contributed by atoms with Gasteiger partial charge in [-0.05, 0) is 58.2 Å². The number of epoxide rings is 1. The number of carbonyl (C=O) groups is 5. The van der Waals surface area contributed by atoms with E-state index in [1.807, 2.05) is 19.9 Å². The van der Waals surface area contributed by atoms with E-state index in [9.17, 15) is 29.1 Å². The minimum Gasteiger partial charge on any atom is -0.495 e. The molecule has 3 aliphatic rings. The Kier molecular flexibility index (Phi) is 16.6. The molecule has 0 radical (unpaired) electrons. The summed E-state index contributed by atoms with van der Waals surface area (Å²) < 4.78 is 29.5. The second kappa shape index (κ2) is 20.3. The molecule has 16 heteroatoms. The van der Waals surface area contributed by atoms with Crippen molar-refractivity contribution in [3.63, 3.8) is 0 Å². The molecule has 8 atom stereocenters. The van der Waals surface area contributed by atoms with Gasteiger partial charge in [-0.15, -0.1) is 0 Å². The van der Waals surface area contributed by atoms with E-state index in [0.29, 0.717) is 30.0 Å². The molecule has 4 rings (SSSR count). The van der Waals surface area contributed by atoms with Crippen LogP contribution >= 0.6 is 33.2 Å². The molecule has 0 saturated carbocycles. The van der Waals surface area contributed by atoms with Gasteiger partial charge in [0.05, 0.1) is 31.7 Å². The van der Waals surface area contributed by atoms with Crippen LogP contribution in [0.5, 0.6) is 5.75 Å². The highest BCUT2D eigenvalue weighted by molar-refractivity contribution is 8.76. The summed E-state index contributed by atoms with van der Waals surface area (Å²) in [5.74, 6) is -0.656. The highest BCUT2D eigenvalue weighted by Gasteiger charge is 2.64. The van der Waals surface area contributed by atoms with Crippen molar-refractivity contribution >= 4 is 68.4 Å². The van der Waals surface area contributed by atoms with Gasteiger partial charge in [0.1, 0.15) is 52.1 Å². The number of Topliss-reactive ketones (excluding diaryl/α,β-unsaturated/α-hetero) is 1. The van der Waals surface area contributed by atoms with E-state index in [2.05, 4.69) is 0 Å². The van der Waals surface area contributed by atoms with E-state index in [0.717, 1.165) is 23.3 Å². The fourth-order valence-corrected chi connectivity index (χ4v) is 9.65. The van der Waals surface area contributed by atoms with Gasteiger partial charge in [-0.2, -0.15) is 0 Å². The fraction of sp³-hybridized carbons (Fsp3) is 0.634. The number of allylic oxidation sites excluding steroid dienone is 3. The van der Waals surface area contributed by atoms with E-state index in [1.54, 1.807) is 62.9 Å². The lowest BCUT2D eigenvalue weighted by Gasteiger charge is -2.41. The number of carbonyl (C=O) groups excluding carboxylic acids is 5. The van der Waals surface area contributed by atoms with Crippen LogP contribution in [-0.4, -0.2) is 121 Å². The molecular formula is C41H57ClN2O11S2. The molecular weight excluding hydrogens is 796 g/mol. The fourth-order valence-electron chi connectivity index (χ4n) is 7.27. The van der Waals surface area contributed by atoms with Gasteiger partial charge in [0.2, 0.25) is 11.8 Å². The SMILES string of the molecule is COc1cc2cc(c1Cl)N(C)C(=O)C[C@@H](OC(=O)[C@@H](C)N(C)C(=O)CCSSCCCC(C)=O)[C@@]1(C)O[C@@H]1[C@@H](C)[C@H]1C[C@](O)(CC(=O)O1)[C@@H](OC)/C=C/C=C(\C)C2. The van der Waals surface area contributed by atoms with Crippen molar-refractivity contribution in [2.75, 3.05) is 44.7 Å². The number of hydrogen-bond acceptors (Lipinski definition) is 13. The number of likely N-dealkylation sites (N-methyl/N-ethyl adjacent to an activating group) is 1. The summed E-state index contributed by atoms with van der Waals surface area (Å²) >= 11 is 6.78. The van der Waals surface area contributed by atoms with Crippen LogP contribution in [0.2, 0.25) is 5.02 Å². The van der Waals surface area contributed by atoms with Gasteiger partial charge in [-0.1, -0.05) is 63.9 Å². The summed E-state index contributed by atoms with van der Waals surface area (Å²) in [6.45, 7) is 8.62. The van der Waals surface area contributed by atoms with Crippen molar-refractivity contribution in [3.8, 4) is 5.75 Å². The predicted molar refractivity (Wildman–Crippen MR) is 221 cm³/mol. The first-order chi connectivity index (χ1) is 26.8. The van der Waals surface area contributed by atoms with E-state index < -0.39 is 65.4 Å². The predicted octanol–water partition coefficient (Wildman–Crippen LogP) is 5.90. The van der Waals surface area contributed by atoms with E-state index in [1.165, 1.54) is 41.9 Å². The number of ketones is 1. The third kappa shape index (κ3) is 11.8. The molecule has 13 nitrogen and oxygen atoms in total. The van der Waals surface area contributed by atoms with E-state index in [4.69, 9.17) is 35.3 Å². The Bertz CT molecular complexity index is 1720. The van der Waals surface area contributed by atoms with Crippen molar-refractivity contribution in [1.82, 2.24) is 4.90 Å². The number of fused-ring (bicyclic) bond motifs is 5. The van der Waals surface area contributed by atoms with Crippen LogP contribution < -0.4 is 9.64 Å². The largest absolute Gasteiger partial charge is 0.495 e. The second-order valence-electron chi connectivity index (χ2n) is 15.4. The molecule has 1 N–H and O–H groups in total. The van der Waals surface area contributed by atoms with Gasteiger partial charge in [0.15, 0.2) is 0 Å². The number of benzene rings is 1. The summed E-state index contributed by atoms with van der Waals surface area (Å²) in [5.41, 5.74) is -0.646. The molecule has 316 valence electrons. The quantitative estimate of drug-likeness (QED) is 0.108. The average molecular weight is 853 g/mol. The zero-order valence-corrected chi connectivity index (χ0v) is 36.7. The van der Waals surface area contributed by atoms with Crippen LogP contribution in [0.3, 0.4) is 0 Å². The Morgan fingerprint density at radius 2 is 1.86 bits per heavy atom. The molecule has 0 aliphatic carbocycles. The number of aliphatic hydroxyl groups is 1. The van der Waals surface area contributed by atoms with Gasteiger partial charge in [-0.25, -0.2) is 4.79 Å². The number of rotatable bonds is 13. The van der Waals surface area contributed by atoms with Crippen molar-refractivity contribution in [2.24, 2.45) is 5.92 Å². The molecule has 0 aromatic heterocycles. The summed E-state index contributed by atoms with van der Waals surface area (Å²) in [6, 6.07) is 2.61. The Morgan fingerprint density at radius 1 is 1.16 bits per heavy atom. The average Bonchev–Trinajstić information content (AvgIpc) is 3.86. The molecule has 0 spiro atoms. The van der Waals surface area contributed by atoms with Crippen LogP contribution in [0.15, 0.2) is 35.9 Å². The zero-order valence-electron chi connectivity index (χ0n) is 34.3. The molecule has 2 fully saturated rings. The van der Waals surface area contributed by atoms with E-state index in [-0.39, 0.29) is 42.4 Å². The molecule has 2 amide bonds. The number of nitrogens with zero attached hydrogens (tertiary/aromatic N) is 2. The Labute approximate surface area is 348 Å². The first kappa shape index (κ1) is 46.6. The lowest BCUT2D eigenvalue weighted by atomic mass is 9.78. The molecule has 57 heavy (non-hydrogen) atoms. The lowest BCUT2D eigenvalue weighted by Crippen LogP contribution is -2.53. The number of esters is 2. The molecule has 3 heterocycles. The standard InChI is InChI=1S/C41H57ClN2O11S2/c1-24-12-10-14-32(52-9)41(50)22-31(53-36(48)23-41)26(3)38-40(5,55-38)33(21-35(47)44(7)29-19-28(18-24)20-30(51-8)37(29)42)54-39(49)27(4)43(6)34(46)15-17-57-56-16-11-13-25(2)45/h10,12,14,19-20,26-27,31-33,38,50H,11,13,15-18,21-23H2,1-9H3/b14-10+,24-12+/t26-,27+,31+,32-,33+,38+,40+,41-/m0/s1. The van der Waals surface area contributed by atoms with Crippen LogP contribution in [0, 0.1) is 5.92 Å². The summed E-state index contributed by atoms with van der Waals surface area (Å²) in [6.07, 6.45) is 3.39. The zero-order chi connectivity index (χ0) is 42.2. The minimum absolute atomic E-state index is 0.0524. The lowest BCUT2D eigenvalue weighted by molar-refractivity contribution is -0.187. The van der Waals surface area contributed by atoms with E-state index >= 15 is 0 Å². The Hall–Kier alpha value is -3.08. The van der Waals surface area contributed by atoms with Gasteiger partial charge in [0.25, 0.3) is 0 Å². The summed E-state index contributed by atoms with van der Waals surface area (Å²) in [7, 11) is 9.21. The van der Waals surface area contributed by atoms with Gasteiger partial charge in [-0.3, -0.25) is 14.4 Å². The maximum atomic E-state index is 14.2. The van der Waals surface area contributed by atoms with Crippen molar-refractivity contribution in [2.45, 2.75) is 121 Å². The maximum Gasteiger partial charge on any atom is 0.328 e. The monoisotopic (exact) mass is 852 g/mol. The van der Waals surface area contributed by atoms with Crippen molar-refractivity contribution in [3.05, 3.63) is 46.5 Å². The number of amides is 2.